The van der Waals surface area contributed by atoms with Gasteiger partial charge in [-0.05, 0) is 25.0 Å². The van der Waals surface area contributed by atoms with Gasteiger partial charge in [-0.15, -0.1) is 0 Å². The molecule has 0 spiro atoms. The molecule has 27 heavy (non-hydrogen) atoms. The highest BCUT2D eigenvalue weighted by molar-refractivity contribution is 5.80. The lowest BCUT2D eigenvalue weighted by molar-refractivity contribution is 0.683. The highest BCUT2D eigenvalue weighted by Gasteiger charge is 2.07. The van der Waals surface area contributed by atoms with Gasteiger partial charge in [0.15, 0.2) is 5.96 Å². The number of hydrogen-bond donors (Lipinski definition) is 2. The van der Waals surface area contributed by atoms with Crippen LogP contribution in [0.4, 0.5) is 0 Å². The number of guanidine groups is 1. The van der Waals surface area contributed by atoms with Gasteiger partial charge in [-0.1, -0.05) is 60.7 Å². The zero-order chi connectivity index (χ0) is 18.9. The summed E-state index contributed by atoms with van der Waals surface area (Å²) in [6, 6.07) is 20.9. The molecule has 0 aliphatic heterocycles. The van der Waals surface area contributed by atoms with E-state index >= 15 is 0 Å². The fourth-order valence-electron chi connectivity index (χ4n) is 2.87. The van der Waals surface area contributed by atoms with Crippen LogP contribution in [0, 0.1) is 0 Å². The molecular weight excluding hydrogens is 334 g/mol. The number of rotatable bonds is 7. The summed E-state index contributed by atoms with van der Waals surface area (Å²) in [5.74, 6) is 0.810. The van der Waals surface area contributed by atoms with Gasteiger partial charge < -0.3 is 10.6 Å². The van der Waals surface area contributed by atoms with Crippen molar-refractivity contribution in [1.29, 1.82) is 0 Å². The van der Waals surface area contributed by atoms with Crippen molar-refractivity contribution in [3.63, 3.8) is 0 Å². The first-order valence-electron chi connectivity index (χ1n) is 9.39. The predicted molar refractivity (Wildman–Crippen MR) is 111 cm³/mol. The molecule has 0 aliphatic rings. The van der Waals surface area contributed by atoms with Crippen LogP contribution >= 0.6 is 0 Å². The van der Waals surface area contributed by atoms with Gasteiger partial charge in [0.05, 0.1) is 25.3 Å². The number of aromatic nitrogens is 2. The molecule has 3 aromatic rings. The lowest BCUT2D eigenvalue weighted by Gasteiger charge is -2.18. The van der Waals surface area contributed by atoms with Crippen LogP contribution in [0.3, 0.4) is 0 Å². The Morgan fingerprint density at radius 1 is 1.04 bits per heavy atom. The summed E-state index contributed by atoms with van der Waals surface area (Å²) in [5.41, 5.74) is 3.57. The second-order valence-corrected chi connectivity index (χ2v) is 6.50. The summed E-state index contributed by atoms with van der Waals surface area (Å²) in [7, 11) is 0. The Labute approximate surface area is 161 Å². The molecule has 0 fully saturated rings. The summed E-state index contributed by atoms with van der Waals surface area (Å²) < 4.78 is 1.95. The molecular formula is C22H27N5. The van der Waals surface area contributed by atoms with E-state index in [4.69, 9.17) is 4.99 Å². The molecule has 3 rings (SSSR count). The number of hydrogen-bond acceptors (Lipinski definition) is 2. The molecule has 1 heterocycles. The molecule has 5 nitrogen and oxygen atoms in total. The fraction of sp³-hybridized carbons (Fsp3) is 0.273. The largest absolute Gasteiger partial charge is 0.357 e. The third kappa shape index (κ3) is 5.71. The number of aliphatic imine (C=N–C) groups is 1. The zero-order valence-corrected chi connectivity index (χ0v) is 16.0. The van der Waals surface area contributed by atoms with Gasteiger partial charge in [-0.2, -0.15) is 5.10 Å². The summed E-state index contributed by atoms with van der Waals surface area (Å²) in [6.07, 6.45) is 3.94. The number of nitrogens with zero attached hydrogens (tertiary/aromatic N) is 3. The van der Waals surface area contributed by atoms with Crippen molar-refractivity contribution in [2.75, 3.05) is 6.54 Å². The average Bonchev–Trinajstić information content (AvgIpc) is 3.15. The van der Waals surface area contributed by atoms with E-state index in [0.29, 0.717) is 6.54 Å². The monoisotopic (exact) mass is 361 g/mol. The van der Waals surface area contributed by atoms with Crippen molar-refractivity contribution in [2.45, 2.75) is 33.0 Å². The Hall–Kier alpha value is -3.08. The lowest BCUT2D eigenvalue weighted by Crippen LogP contribution is -2.38. The molecule has 0 amide bonds. The van der Waals surface area contributed by atoms with Crippen LogP contribution in [0.1, 0.15) is 36.6 Å². The van der Waals surface area contributed by atoms with Crippen molar-refractivity contribution < 1.29 is 0 Å². The highest BCUT2D eigenvalue weighted by atomic mass is 15.3. The Morgan fingerprint density at radius 3 is 2.44 bits per heavy atom. The average molecular weight is 361 g/mol. The highest BCUT2D eigenvalue weighted by Crippen LogP contribution is 2.11. The maximum atomic E-state index is 4.71. The minimum absolute atomic E-state index is 0.185. The summed E-state index contributed by atoms with van der Waals surface area (Å²) in [5, 5.41) is 11.2. The molecule has 1 aromatic heterocycles. The van der Waals surface area contributed by atoms with E-state index in [1.54, 1.807) is 0 Å². The SMILES string of the molecule is CCNC(=NCc1cnn(Cc2ccccc2)c1)NC(C)c1ccccc1. The number of benzene rings is 2. The number of nitrogens with one attached hydrogen (secondary N) is 2. The smallest absolute Gasteiger partial charge is 0.192 e. The van der Waals surface area contributed by atoms with E-state index in [-0.39, 0.29) is 6.04 Å². The van der Waals surface area contributed by atoms with E-state index in [1.807, 2.05) is 35.1 Å². The normalized spacial score (nSPS) is 12.6. The zero-order valence-electron chi connectivity index (χ0n) is 16.0. The van der Waals surface area contributed by atoms with Gasteiger partial charge in [0.1, 0.15) is 0 Å². The van der Waals surface area contributed by atoms with Crippen LogP contribution < -0.4 is 10.6 Å². The molecule has 0 radical (unpaired) electrons. The van der Waals surface area contributed by atoms with Crippen LogP contribution in [0.2, 0.25) is 0 Å². The molecule has 0 saturated heterocycles. The first-order valence-corrected chi connectivity index (χ1v) is 9.39. The van der Waals surface area contributed by atoms with E-state index in [2.05, 4.69) is 72.2 Å². The van der Waals surface area contributed by atoms with Crippen molar-refractivity contribution >= 4 is 5.96 Å². The van der Waals surface area contributed by atoms with Gasteiger partial charge >= 0.3 is 0 Å². The molecule has 0 saturated carbocycles. The molecule has 2 N–H and O–H groups in total. The van der Waals surface area contributed by atoms with Gasteiger partial charge in [-0.3, -0.25) is 4.68 Å². The van der Waals surface area contributed by atoms with Crippen LogP contribution in [0.25, 0.3) is 0 Å². The van der Waals surface area contributed by atoms with Gasteiger partial charge in [-0.25, -0.2) is 4.99 Å². The van der Waals surface area contributed by atoms with E-state index in [9.17, 15) is 0 Å². The summed E-state index contributed by atoms with van der Waals surface area (Å²) in [4.78, 5) is 4.71. The second-order valence-electron chi connectivity index (χ2n) is 6.50. The lowest BCUT2D eigenvalue weighted by atomic mass is 10.1. The first kappa shape index (κ1) is 18.7. The third-order valence-corrected chi connectivity index (χ3v) is 4.29. The fourth-order valence-corrected chi connectivity index (χ4v) is 2.87. The van der Waals surface area contributed by atoms with Crippen LogP contribution in [-0.2, 0) is 13.1 Å². The third-order valence-electron chi connectivity index (χ3n) is 4.29. The van der Waals surface area contributed by atoms with Crippen molar-refractivity contribution in [1.82, 2.24) is 20.4 Å². The first-order chi connectivity index (χ1) is 13.2. The molecule has 0 aliphatic carbocycles. The molecule has 2 aromatic carbocycles. The quantitative estimate of drug-likeness (QED) is 0.498. The molecule has 5 heteroatoms. The minimum atomic E-state index is 0.185. The molecule has 1 atom stereocenters. The maximum Gasteiger partial charge on any atom is 0.192 e. The Morgan fingerprint density at radius 2 is 1.74 bits per heavy atom. The predicted octanol–water partition coefficient (Wildman–Crippen LogP) is 3.75. The van der Waals surface area contributed by atoms with Crippen molar-refractivity contribution in [3.8, 4) is 0 Å². The molecule has 1 unspecified atom stereocenters. The standard InChI is InChI=1S/C22H27N5/c1-3-23-22(26-18(2)21-12-8-5-9-13-21)24-14-20-15-25-27(17-20)16-19-10-6-4-7-11-19/h4-13,15,17-18H,3,14,16H2,1-2H3,(H2,23,24,26). The minimum Gasteiger partial charge on any atom is -0.357 e. The Bertz CT molecular complexity index is 839. The van der Waals surface area contributed by atoms with Gasteiger partial charge in [0.2, 0.25) is 0 Å². The Balaban J connectivity index is 1.61. The molecule has 140 valence electrons. The van der Waals surface area contributed by atoms with Crippen LogP contribution in [0.15, 0.2) is 78.0 Å². The van der Waals surface area contributed by atoms with Gasteiger partial charge in [0.25, 0.3) is 0 Å². The van der Waals surface area contributed by atoms with E-state index < -0.39 is 0 Å². The van der Waals surface area contributed by atoms with Crippen molar-refractivity contribution in [2.24, 2.45) is 4.99 Å². The topological polar surface area (TPSA) is 54.2 Å². The van der Waals surface area contributed by atoms with Crippen molar-refractivity contribution in [3.05, 3.63) is 89.7 Å². The maximum absolute atomic E-state index is 4.71. The summed E-state index contributed by atoms with van der Waals surface area (Å²) in [6.45, 7) is 6.39. The Kier molecular flexibility index (Phi) is 6.63. The molecule has 0 bridgehead atoms. The van der Waals surface area contributed by atoms with Crippen LogP contribution in [-0.4, -0.2) is 22.3 Å². The van der Waals surface area contributed by atoms with Crippen LogP contribution in [0.5, 0.6) is 0 Å². The van der Waals surface area contributed by atoms with E-state index in [1.165, 1.54) is 11.1 Å². The summed E-state index contributed by atoms with van der Waals surface area (Å²) >= 11 is 0. The van der Waals surface area contributed by atoms with E-state index in [0.717, 1.165) is 24.6 Å². The second kappa shape index (κ2) is 9.57. The van der Waals surface area contributed by atoms with Gasteiger partial charge in [0, 0.05) is 18.3 Å².